The highest BCUT2D eigenvalue weighted by molar-refractivity contribution is 7.92. The number of nitrogens with zero attached hydrogens (tertiary/aromatic N) is 1. The highest BCUT2D eigenvalue weighted by Crippen LogP contribution is 2.21. The molecule has 0 spiro atoms. The molecule has 2 rings (SSSR count). The van der Waals surface area contributed by atoms with Crippen LogP contribution in [0.1, 0.15) is 5.56 Å². The van der Waals surface area contributed by atoms with Crippen LogP contribution in [0.25, 0.3) is 0 Å². The van der Waals surface area contributed by atoms with E-state index in [1.165, 1.54) is 18.4 Å². The number of aryl methyl sites for hydroxylation is 1. The molecule has 0 amide bonds. The van der Waals surface area contributed by atoms with Crippen LogP contribution in [-0.4, -0.2) is 13.6 Å². The highest BCUT2D eigenvalue weighted by atomic mass is 32.2. The van der Waals surface area contributed by atoms with Crippen LogP contribution in [0.4, 0.5) is 11.5 Å². The van der Waals surface area contributed by atoms with Crippen molar-refractivity contribution in [2.24, 2.45) is 0 Å². The highest BCUT2D eigenvalue weighted by Gasteiger charge is 2.18. The molecule has 0 saturated carbocycles. The Kier molecular flexibility index (Phi) is 2.76. The topological polar surface area (TPSA) is 98.2 Å². The molecular weight excluding hydrogens is 242 g/mol. The normalized spacial score (nSPS) is 11.4. The Morgan fingerprint density at radius 3 is 2.71 bits per heavy atom. The molecule has 3 N–H and O–H groups in total. The van der Waals surface area contributed by atoms with Gasteiger partial charge in [-0.3, -0.25) is 4.72 Å². The predicted octanol–water partition coefficient (Wildman–Crippen LogP) is 1.37. The van der Waals surface area contributed by atoms with Gasteiger partial charge in [0.25, 0.3) is 10.0 Å². The molecular formula is C10H11N3O3S. The van der Waals surface area contributed by atoms with Crippen LogP contribution >= 0.6 is 0 Å². The number of sulfonamides is 1. The van der Waals surface area contributed by atoms with E-state index in [1.807, 2.05) is 6.92 Å². The van der Waals surface area contributed by atoms with Crippen molar-refractivity contribution in [3.8, 4) is 0 Å². The second kappa shape index (κ2) is 4.10. The maximum Gasteiger partial charge on any atom is 0.265 e. The summed E-state index contributed by atoms with van der Waals surface area (Å²) >= 11 is 0. The van der Waals surface area contributed by atoms with Crippen LogP contribution in [0.5, 0.6) is 0 Å². The van der Waals surface area contributed by atoms with Gasteiger partial charge in [0.1, 0.15) is 11.2 Å². The molecule has 6 nitrogen and oxygen atoms in total. The summed E-state index contributed by atoms with van der Waals surface area (Å²) in [6, 6.07) is 6.13. The smallest absolute Gasteiger partial charge is 0.265 e. The monoisotopic (exact) mass is 253 g/mol. The van der Waals surface area contributed by atoms with Crippen molar-refractivity contribution in [3.05, 3.63) is 36.1 Å². The third kappa shape index (κ3) is 2.39. The van der Waals surface area contributed by atoms with E-state index in [9.17, 15) is 8.42 Å². The summed E-state index contributed by atoms with van der Waals surface area (Å²) in [4.78, 5) is 0.0195. The largest absolute Gasteiger partial charge is 0.398 e. The van der Waals surface area contributed by atoms with E-state index in [-0.39, 0.29) is 16.4 Å². The average Bonchev–Trinajstić information content (AvgIpc) is 2.68. The van der Waals surface area contributed by atoms with E-state index in [0.717, 1.165) is 5.56 Å². The number of nitrogens with two attached hydrogens (primary N) is 1. The van der Waals surface area contributed by atoms with Crippen molar-refractivity contribution >= 4 is 21.5 Å². The first-order valence-electron chi connectivity index (χ1n) is 4.78. The maximum absolute atomic E-state index is 12.0. The summed E-state index contributed by atoms with van der Waals surface area (Å²) in [5.74, 6) is 0.116. The third-order valence-corrected chi connectivity index (χ3v) is 3.56. The molecule has 7 heteroatoms. The quantitative estimate of drug-likeness (QED) is 0.805. The maximum atomic E-state index is 12.0. The van der Waals surface area contributed by atoms with Gasteiger partial charge in [0.05, 0.1) is 5.69 Å². The minimum atomic E-state index is -3.73. The summed E-state index contributed by atoms with van der Waals surface area (Å²) in [5.41, 5.74) is 6.76. The van der Waals surface area contributed by atoms with Crippen LogP contribution in [0.15, 0.2) is 39.9 Å². The van der Waals surface area contributed by atoms with Gasteiger partial charge in [0.2, 0.25) is 0 Å². The number of nitrogens with one attached hydrogen (secondary N) is 1. The van der Waals surface area contributed by atoms with Gasteiger partial charge >= 0.3 is 0 Å². The fraction of sp³-hybridized carbons (Fsp3) is 0.100. The zero-order chi connectivity index (χ0) is 12.5. The first kappa shape index (κ1) is 11.5. The second-order valence-electron chi connectivity index (χ2n) is 3.53. The molecule has 0 aliphatic carbocycles. The van der Waals surface area contributed by atoms with Gasteiger partial charge in [-0.15, -0.1) is 0 Å². The second-order valence-corrected chi connectivity index (χ2v) is 5.18. The zero-order valence-electron chi connectivity index (χ0n) is 9.04. The summed E-state index contributed by atoms with van der Waals surface area (Å²) in [6.07, 6.45) is 1.27. The summed E-state index contributed by atoms with van der Waals surface area (Å²) in [7, 11) is -3.73. The lowest BCUT2D eigenvalue weighted by molar-refractivity contribution is 0.423. The van der Waals surface area contributed by atoms with Crippen molar-refractivity contribution in [2.75, 3.05) is 10.5 Å². The Bertz CT molecular complexity index is 620. The SMILES string of the molecule is Cc1ccc(S(=O)(=O)Nc2ccon2)c(N)c1. The van der Waals surface area contributed by atoms with Gasteiger partial charge in [-0.25, -0.2) is 8.42 Å². The Labute approximate surface area is 98.5 Å². The van der Waals surface area contributed by atoms with Crippen LogP contribution in [0.3, 0.4) is 0 Å². The van der Waals surface area contributed by atoms with E-state index in [4.69, 9.17) is 5.73 Å². The van der Waals surface area contributed by atoms with Crippen LogP contribution in [0, 0.1) is 6.92 Å². The lowest BCUT2D eigenvalue weighted by Gasteiger charge is -2.08. The number of benzene rings is 1. The fourth-order valence-electron chi connectivity index (χ4n) is 1.37. The third-order valence-electron chi connectivity index (χ3n) is 2.13. The van der Waals surface area contributed by atoms with E-state index in [2.05, 4.69) is 14.4 Å². The van der Waals surface area contributed by atoms with Crippen LogP contribution in [-0.2, 0) is 10.0 Å². The van der Waals surface area contributed by atoms with Crippen LogP contribution < -0.4 is 10.5 Å². The summed E-state index contributed by atoms with van der Waals surface area (Å²) in [6.45, 7) is 1.83. The average molecular weight is 253 g/mol. The molecule has 90 valence electrons. The molecule has 1 heterocycles. The van der Waals surface area contributed by atoms with Gasteiger partial charge in [-0.05, 0) is 24.6 Å². The Hall–Kier alpha value is -2.02. The minimum Gasteiger partial charge on any atom is -0.398 e. The van der Waals surface area contributed by atoms with E-state index < -0.39 is 10.0 Å². The molecule has 1 aromatic carbocycles. The molecule has 0 fully saturated rings. The molecule has 0 saturated heterocycles. The van der Waals surface area contributed by atoms with Gasteiger partial charge in [0, 0.05) is 6.07 Å². The number of hydrogen-bond donors (Lipinski definition) is 2. The number of anilines is 2. The van der Waals surface area contributed by atoms with Crippen molar-refractivity contribution < 1.29 is 12.9 Å². The lowest BCUT2D eigenvalue weighted by Crippen LogP contribution is -2.15. The first-order chi connectivity index (χ1) is 7.99. The van der Waals surface area contributed by atoms with Crippen molar-refractivity contribution in [3.63, 3.8) is 0 Å². The fourth-order valence-corrected chi connectivity index (χ4v) is 2.48. The minimum absolute atomic E-state index is 0.0195. The van der Waals surface area contributed by atoms with Crippen molar-refractivity contribution in [1.29, 1.82) is 0 Å². The van der Waals surface area contributed by atoms with E-state index in [1.54, 1.807) is 12.1 Å². The Morgan fingerprint density at radius 1 is 1.35 bits per heavy atom. The molecule has 0 aliphatic rings. The molecule has 17 heavy (non-hydrogen) atoms. The molecule has 0 unspecified atom stereocenters. The van der Waals surface area contributed by atoms with Crippen molar-refractivity contribution in [2.45, 2.75) is 11.8 Å². The molecule has 2 aromatic rings. The van der Waals surface area contributed by atoms with E-state index >= 15 is 0 Å². The van der Waals surface area contributed by atoms with Crippen molar-refractivity contribution in [1.82, 2.24) is 5.16 Å². The Balaban J connectivity index is 2.38. The van der Waals surface area contributed by atoms with Gasteiger partial charge in [-0.1, -0.05) is 11.2 Å². The lowest BCUT2D eigenvalue weighted by atomic mass is 10.2. The van der Waals surface area contributed by atoms with Gasteiger partial charge in [-0.2, -0.15) is 0 Å². The number of rotatable bonds is 3. The Morgan fingerprint density at radius 2 is 2.12 bits per heavy atom. The first-order valence-corrected chi connectivity index (χ1v) is 6.27. The molecule has 1 aromatic heterocycles. The molecule has 0 radical (unpaired) electrons. The van der Waals surface area contributed by atoms with Gasteiger partial charge < -0.3 is 10.3 Å². The molecule has 0 atom stereocenters. The number of nitrogen functional groups attached to an aromatic ring is 1. The van der Waals surface area contributed by atoms with Crippen LogP contribution in [0.2, 0.25) is 0 Å². The zero-order valence-corrected chi connectivity index (χ0v) is 9.86. The van der Waals surface area contributed by atoms with E-state index in [0.29, 0.717) is 0 Å². The summed E-state index contributed by atoms with van der Waals surface area (Å²) < 4.78 is 30.7. The number of hydrogen-bond acceptors (Lipinski definition) is 5. The predicted molar refractivity (Wildman–Crippen MR) is 62.9 cm³/mol. The van der Waals surface area contributed by atoms with Gasteiger partial charge in [0.15, 0.2) is 5.82 Å². The molecule has 0 aliphatic heterocycles. The standard InChI is InChI=1S/C10H11N3O3S/c1-7-2-3-9(8(11)6-7)17(14,15)13-10-4-5-16-12-10/h2-6H,11H2,1H3,(H,12,13). The summed E-state index contributed by atoms with van der Waals surface area (Å²) in [5, 5.41) is 3.47. The number of aromatic nitrogens is 1. The molecule has 0 bridgehead atoms.